The molecule has 4 nitrogen and oxygen atoms in total. The molecule has 17 heavy (non-hydrogen) atoms. The number of esters is 1. The van der Waals surface area contributed by atoms with Gasteiger partial charge in [0, 0.05) is 26.2 Å². The lowest BCUT2D eigenvalue weighted by molar-refractivity contribution is -0.536. The van der Waals surface area contributed by atoms with Gasteiger partial charge in [-0.3, -0.25) is 4.79 Å². The quantitative estimate of drug-likeness (QED) is 0.431. The molecule has 0 fully saturated rings. The maximum Gasteiger partial charge on any atom is 0.305 e. The molecule has 1 rings (SSSR count). The van der Waals surface area contributed by atoms with Gasteiger partial charge in [-0.05, 0) is 13.3 Å². The minimum Gasteiger partial charge on any atom is -0.624 e. The van der Waals surface area contributed by atoms with Gasteiger partial charge in [0.2, 0.25) is 0 Å². The molecule has 1 unspecified atom stereocenters. The summed E-state index contributed by atoms with van der Waals surface area (Å²) in [5, 5.41) is 11.8. The fourth-order valence-electron chi connectivity index (χ4n) is 2.84. The van der Waals surface area contributed by atoms with Crippen molar-refractivity contribution in [3.63, 3.8) is 0 Å². The maximum atomic E-state index is 11.8. The molecule has 0 saturated heterocycles. The van der Waals surface area contributed by atoms with Crippen LogP contribution in [0.15, 0.2) is 0 Å². The van der Waals surface area contributed by atoms with Crippen molar-refractivity contribution < 1.29 is 14.3 Å². The average Bonchev–Trinajstić information content (AvgIpc) is 2.30. The van der Waals surface area contributed by atoms with Crippen molar-refractivity contribution in [2.45, 2.75) is 53.0 Å². The first-order valence-electron chi connectivity index (χ1n) is 6.20. The Balaban J connectivity index is 2.68. The summed E-state index contributed by atoms with van der Waals surface area (Å²) in [4.78, 5) is 11.4. The van der Waals surface area contributed by atoms with Gasteiger partial charge in [0.1, 0.15) is 0 Å². The number of carbonyl (C=O) groups excluding carboxylic acids is 1. The van der Waals surface area contributed by atoms with Crippen molar-refractivity contribution in [3.8, 4) is 0 Å². The lowest BCUT2D eigenvalue weighted by Crippen LogP contribution is -2.39. The summed E-state index contributed by atoms with van der Waals surface area (Å²) in [6, 6.07) is 0. The lowest BCUT2D eigenvalue weighted by atomic mass is 9.71. The molecule has 1 heterocycles. The molecule has 0 radical (unpaired) electrons. The van der Waals surface area contributed by atoms with E-state index in [9.17, 15) is 10.0 Å². The first-order chi connectivity index (χ1) is 7.71. The summed E-state index contributed by atoms with van der Waals surface area (Å²) in [7, 11) is 0. The van der Waals surface area contributed by atoms with Crippen molar-refractivity contribution in [1.82, 2.24) is 0 Å². The Bertz CT molecular complexity index is 332. The summed E-state index contributed by atoms with van der Waals surface area (Å²) in [5.74, 6) is -0.0136. The maximum absolute atomic E-state index is 11.8. The zero-order chi connectivity index (χ0) is 13.3. The SMILES string of the molecule is CCOC(=O)CCC1C(C)(C)C=[N+]([O-])C1(C)C. The zero-order valence-electron chi connectivity index (χ0n) is 11.4. The van der Waals surface area contributed by atoms with E-state index in [1.807, 2.05) is 27.7 Å². The van der Waals surface area contributed by atoms with E-state index in [2.05, 4.69) is 0 Å². The highest BCUT2D eigenvalue weighted by molar-refractivity contribution is 5.69. The molecule has 1 aliphatic heterocycles. The van der Waals surface area contributed by atoms with Crippen LogP contribution in [-0.2, 0) is 9.53 Å². The number of hydrogen-bond donors (Lipinski definition) is 0. The molecule has 0 amide bonds. The second kappa shape index (κ2) is 4.67. The molecule has 0 aromatic carbocycles. The van der Waals surface area contributed by atoms with E-state index in [-0.39, 0.29) is 17.3 Å². The molecule has 98 valence electrons. The van der Waals surface area contributed by atoms with E-state index < -0.39 is 5.54 Å². The Morgan fingerprint density at radius 3 is 2.41 bits per heavy atom. The van der Waals surface area contributed by atoms with Gasteiger partial charge in [-0.15, -0.1) is 0 Å². The third-order valence-corrected chi connectivity index (χ3v) is 3.71. The van der Waals surface area contributed by atoms with Gasteiger partial charge in [-0.1, -0.05) is 13.8 Å². The lowest BCUT2D eigenvalue weighted by Gasteiger charge is -2.31. The highest BCUT2D eigenvalue weighted by Crippen LogP contribution is 2.43. The second-order valence-corrected chi connectivity index (χ2v) is 5.83. The fourth-order valence-corrected chi connectivity index (χ4v) is 2.84. The first kappa shape index (κ1) is 14.0. The number of carbonyl (C=O) groups is 1. The van der Waals surface area contributed by atoms with Gasteiger partial charge in [-0.25, -0.2) is 4.74 Å². The predicted octanol–water partition coefficient (Wildman–Crippen LogP) is 2.35. The Hall–Kier alpha value is -1.06. The van der Waals surface area contributed by atoms with Crippen LogP contribution < -0.4 is 0 Å². The summed E-state index contributed by atoms with van der Waals surface area (Å²) in [6.07, 6.45) is 2.80. The number of hydrogen-bond acceptors (Lipinski definition) is 3. The Morgan fingerprint density at radius 1 is 1.41 bits per heavy atom. The topological polar surface area (TPSA) is 52.4 Å². The molecular formula is C13H23NO3. The van der Waals surface area contributed by atoms with Gasteiger partial charge >= 0.3 is 5.97 Å². The van der Waals surface area contributed by atoms with E-state index in [4.69, 9.17) is 4.74 Å². The molecular weight excluding hydrogens is 218 g/mol. The van der Waals surface area contributed by atoms with Gasteiger partial charge in [0.15, 0.2) is 11.8 Å². The van der Waals surface area contributed by atoms with Crippen LogP contribution in [-0.4, -0.2) is 29.1 Å². The number of hydroxylamine groups is 1. The predicted molar refractivity (Wildman–Crippen MR) is 66.9 cm³/mol. The van der Waals surface area contributed by atoms with Crippen molar-refractivity contribution >= 4 is 12.2 Å². The van der Waals surface area contributed by atoms with Gasteiger partial charge in [0.05, 0.1) is 12.0 Å². The zero-order valence-corrected chi connectivity index (χ0v) is 11.4. The van der Waals surface area contributed by atoms with Crippen molar-refractivity contribution in [2.75, 3.05) is 6.61 Å². The Kier molecular flexibility index (Phi) is 3.84. The number of ether oxygens (including phenoxy) is 1. The molecule has 0 bridgehead atoms. The molecule has 0 saturated carbocycles. The number of nitrogens with zero attached hydrogens (tertiary/aromatic N) is 1. The molecule has 0 aromatic heterocycles. The normalized spacial score (nSPS) is 25.5. The van der Waals surface area contributed by atoms with E-state index in [1.54, 1.807) is 13.1 Å². The van der Waals surface area contributed by atoms with E-state index in [0.29, 0.717) is 19.4 Å². The molecule has 1 aliphatic rings. The molecule has 1 atom stereocenters. The van der Waals surface area contributed by atoms with E-state index >= 15 is 0 Å². The second-order valence-electron chi connectivity index (χ2n) is 5.83. The monoisotopic (exact) mass is 241 g/mol. The summed E-state index contributed by atoms with van der Waals surface area (Å²) < 4.78 is 5.95. The smallest absolute Gasteiger partial charge is 0.305 e. The van der Waals surface area contributed by atoms with Crippen LogP contribution in [0.1, 0.15) is 47.5 Å². The Labute approximate surface area is 103 Å². The minimum absolute atomic E-state index is 0.164. The van der Waals surface area contributed by atoms with Crippen LogP contribution in [0.2, 0.25) is 0 Å². The molecule has 0 N–H and O–H groups in total. The highest BCUT2D eigenvalue weighted by atomic mass is 16.5. The summed E-state index contributed by atoms with van der Waals surface area (Å²) >= 11 is 0. The van der Waals surface area contributed by atoms with Crippen molar-refractivity contribution in [2.24, 2.45) is 11.3 Å². The van der Waals surface area contributed by atoms with Crippen LogP contribution in [0, 0.1) is 16.5 Å². The van der Waals surface area contributed by atoms with Crippen LogP contribution in [0.25, 0.3) is 0 Å². The van der Waals surface area contributed by atoms with Gasteiger partial charge < -0.3 is 9.94 Å². The van der Waals surface area contributed by atoms with Crippen molar-refractivity contribution in [3.05, 3.63) is 5.21 Å². The van der Waals surface area contributed by atoms with Crippen molar-refractivity contribution in [1.29, 1.82) is 0 Å². The molecule has 0 spiro atoms. The minimum atomic E-state index is -0.448. The largest absolute Gasteiger partial charge is 0.624 e. The highest BCUT2D eigenvalue weighted by Gasteiger charge is 2.52. The molecule has 0 aromatic rings. The molecule has 0 aliphatic carbocycles. The van der Waals surface area contributed by atoms with Gasteiger partial charge in [0.25, 0.3) is 0 Å². The fraction of sp³-hybridized carbons (Fsp3) is 0.846. The van der Waals surface area contributed by atoms with E-state index in [0.717, 1.165) is 4.74 Å². The van der Waals surface area contributed by atoms with Gasteiger partial charge in [-0.2, -0.15) is 0 Å². The average molecular weight is 241 g/mol. The summed E-state index contributed by atoms with van der Waals surface area (Å²) in [6.45, 7) is 10.2. The number of rotatable bonds is 4. The third kappa shape index (κ3) is 2.79. The third-order valence-electron chi connectivity index (χ3n) is 3.71. The van der Waals surface area contributed by atoms with Crippen LogP contribution in [0.4, 0.5) is 0 Å². The molecule has 4 heteroatoms. The van der Waals surface area contributed by atoms with Crippen LogP contribution in [0.3, 0.4) is 0 Å². The first-order valence-corrected chi connectivity index (χ1v) is 6.20. The van der Waals surface area contributed by atoms with Crippen LogP contribution in [0.5, 0.6) is 0 Å². The van der Waals surface area contributed by atoms with Crippen LogP contribution >= 0.6 is 0 Å². The summed E-state index contributed by atoms with van der Waals surface area (Å²) in [5.41, 5.74) is -0.617. The Morgan fingerprint density at radius 2 is 2.00 bits per heavy atom. The van der Waals surface area contributed by atoms with E-state index in [1.165, 1.54) is 0 Å². The standard InChI is InChI=1S/C13H23NO3/c1-6-17-11(15)8-7-10-12(2,3)9-14(16)13(10,4)5/h9-10H,6-8H2,1-5H3.